The van der Waals surface area contributed by atoms with E-state index in [1.165, 1.54) is 0 Å². The van der Waals surface area contributed by atoms with Gasteiger partial charge in [0.25, 0.3) is 18.2 Å². The summed E-state index contributed by atoms with van der Waals surface area (Å²) in [6.07, 6.45) is 6.00. The summed E-state index contributed by atoms with van der Waals surface area (Å²) in [6.45, 7) is 3.11. The molecule has 3 N–H and O–H groups in total. The van der Waals surface area contributed by atoms with Gasteiger partial charge in [0.05, 0.1) is 29.9 Å². The maximum absolute atomic E-state index is 14.7. The number of fused-ring (bicyclic) bond motifs is 3. The van der Waals surface area contributed by atoms with E-state index >= 15 is 0 Å². The highest BCUT2D eigenvalue weighted by molar-refractivity contribution is 6.23. The number of aryl methyl sites for hydroxylation is 2. The number of hydrogen-bond acceptors (Lipinski definition) is 10. The summed E-state index contributed by atoms with van der Waals surface area (Å²) in [5.41, 5.74) is 5.70. The van der Waals surface area contributed by atoms with Crippen molar-refractivity contribution in [1.82, 2.24) is 44.9 Å². The zero-order valence-corrected chi connectivity index (χ0v) is 35.9. The highest BCUT2D eigenvalue weighted by Crippen LogP contribution is 2.44. The quantitative estimate of drug-likeness (QED) is 0.139. The fraction of sp³-hybridized carbons (Fsp3) is 0.467. The van der Waals surface area contributed by atoms with Crippen molar-refractivity contribution in [1.29, 1.82) is 0 Å². The third kappa shape index (κ3) is 7.95. The molecule has 5 aliphatic rings. The first kappa shape index (κ1) is 42.6. The molecule has 7 heterocycles. The van der Waals surface area contributed by atoms with Gasteiger partial charge in [-0.3, -0.25) is 43.6 Å². The van der Waals surface area contributed by atoms with Crippen molar-refractivity contribution in [3.63, 3.8) is 0 Å². The number of rotatable bonds is 11. The van der Waals surface area contributed by atoms with Crippen LogP contribution in [0.25, 0.3) is 11.1 Å². The number of piperidine rings is 2. The molecule has 336 valence electrons. The third-order valence-electron chi connectivity index (χ3n) is 13.2. The number of unbranched alkanes of at least 4 members (excludes halogenated alkanes) is 1. The molecule has 4 aromatic rings. The van der Waals surface area contributed by atoms with Crippen LogP contribution in [0.5, 0.6) is 0 Å². The Morgan fingerprint density at radius 1 is 0.906 bits per heavy atom. The third-order valence-corrected chi connectivity index (χ3v) is 13.2. The second-order valence-electron chi connectivity index (χ2n) is 17.2. The van der Waals surface area contributed by atoms with Gasteiger partial charge in [-0.05, 0) is 86.4 Å². The number of urea groups is 1. The van der Waals surface area contributed by atoms with Gasteiger partial charge >= 0.3 is 6.03 Å². The van der Waals surface area contributed by atoms with Gasteiger partial charge in [0.1, 0.15) is 6.04 Å². The summed E-state index contributed by atoms with van der Waals surface area (Å²) >= 11 is 0. The first-order chi connectivity index (χ1) is 30.9. The lowest BCUT2D eigenvalue weighted by Gasteiger charge is -2.34. The van der Waals surface area contributed by atoms with E-state index < -0.39 is 36.1 Å². The number of halogens is 2. The fourth-order valence-corrected chi connectivity index (χ4v) is 9.87. The Balaban J connectivity index is 0.830. The molecule has 0 aliphatic carbocycles. The van der Waals surface area contributed by atoms with E-state index in [1.54, 1.807) is 60.3 Å². The van der Waals surface area contributed by atoms with Gasteiger partial charge in [0.15, 0.2) is 5.82 Å². The smallest absolute Gasteiger partial charge is 0.317 e. The van der Waals surface area contributed by atoms with E-state index in [0.29, 0.717) is 106 Å². The second-order valence-corrected chi connectivity index (χ2v) is 17.2. The molecule has 2 saturated heterocycles. The predicted octanol–water partition coefficient (Wildman–Crippen LogP) is 4.85. The second kappa shape index (κ2) is 17.5. The number of likely N-dealkylation sites (tertiary alicyclic amines) is 1. The highest BCUT2D eigenvalue weighted by atomic mass is 19.3. The van der Waals surface area contributed by atoms with Crippen molar-refractivity contribution in [3.8, 4) is 11.1 Å². The van der Waals surface area contributed by atoms with Crippen molar-refractivity contribution in [2.24, 2.45) is 7.05 Å². The van der Waals surface area contributed by atoms with Crippen LogP contribution < -0.4 is 20.9 Å². The van der Waals surface area contributed by atoms with Crippen LogP contribution in [0.3, 0.4) is 0 Å². The van der Waals surface area contributed by atoms with E-state index in [2.05, 4.69) is 30.6 Å². The Kier molecular flexibility index (Phi) is 11.6. The summed E-state index contributed by atoms with van der Waals surface area (Å²) in [4.78, 5) is 83.2. The molecule has 64 heavy (non-hydrogen) atoms. The Hall–Kier alpha value is -6.66. The molecule has 2 aromatic heterocycles. The Morgan fingerprint density at radius 3 is 2.44 bits per heavy atom. The molecule has 1 atom stereocenters. The minimum absolute atomic E-state index is 0.0155. The molecular formula is C45H51F2N11O6. The molecule has 9 rings (SSSR count). The van der Waals surface area contributed by atoms with Gasteiger partial charge in [-0.15, -0.1) is 0 Å². The maximum atomic E-state index is 14.7. The van der Waals surface area contributed by atoms with Crippen molar-refractivity contribution in [2.45, 2.75) is 89.3 Å². The Bertz CT molecular complexity index is 2550. The number of amides is 7. The van der Waals surface area contributed by atoms with Gasteiger partial charge in [0.2, 0.25) is 17.7 Å². The van der Waals surface area contributed by atoms with Crippen LogP contribution in [0.1, 0.15) is 107 Å². The summed E-state index contributed by atoms with van der Waals surface area (Å²) in [7, 11) is 3.36. The Morgan fingerprint density at radius 2 is 1.70 bits per heavy atom. The fourth-order valence-electron chi connectivity index (χ4n) is 9.87. The number of aromatic nitrogens is 4. The summed E-state index contributed by atoms with van der Waals surface area (Å²) < 4.78 is 33.1. The lowest BCUT2D eigenvalue weighted by atomic mass is 9.92. The molecule has 0 spiro atoms. The van der Waals surface area contributed by atoms with Crippen LogP contribution in [0.4, 0.5) is 30.8 Å². The number of alkyl halides is 2. The normalized spacial score (nSPS) is 18.9. The van der Waals surface area contributed by atoms with Crippen LogP contribution in [-0.4, -0.2) is 116 Å². The SMILES string of the molecule is CNC(=O)N1CCc2c(c(N3CCCc4cc(-c5cnn(C)c5)c(C(F)F)cc43)nn2C2CCN(C(=O)CCCCNc3ccc4c(c3)C(=O)N(C3CCC(=O)NC3=O)C4=O)CC2)C1. The number of carbonyl (C=O) groups is 6. The van der Waals surface area contributed by atoms with Crippen LogP contribution in [0, 0.1) is 0 Å². The first-order valence-electron chi connectivity index (χ1n) is 22.1. The minimum atomic E-state index is -2.70. The van der Waals surface area contributed by atoms with Gasteiger partial charge < -0.3 is 25.3 Å². The lowest BCUT2D eigenvalue weighted by molar-refractivity contribution is -0.136. The number of imide groups is 2. The predicted molar refractivity (Wildman–Crippen MR) is 230 cm³/mol. The standard InChI is InChI=1S/C45H51F2N11O6/c1-48-45(64)55-19-14-35-34(25-55)41(56-16-5-6-26-20-31(27-23-50-53(2)24-27)32(40(46)47)22-37(26)56)52-58(35)29-12-17-54(18-13-29)39(60)7-3-4-15-49-28-8-9-30-33(21-28)44(63)57(43(30)62)36-10-11-38(59)51-42(36)61/h8-9,20-24,29,36,40,49H,3-7,10-19,25H2,1-2H3,(H,48,64)(H,51,59,61). The monoisotopic (exact) mass is 879 g/mol. The molecule has 0 radical (unpaired) electrons. The zero-order chi connectivity index (χ0) is 44.8. The maximum Gasteiger partial charge on any atom is 0.317 e. The number of benzene rings is 2. The molecule has 0 saturated carbocycles. The van der Waals surface area contributed by atoms with Gasteiger partial charge in [-0.1, -0.05) is 0 Å². The number of nitrogens with zero attached hydrogens (tertiary/aromatic N) is 8. The van der Waals surface area contributed by atoms with Crippen LogP contribution in [0.15, 0.2) is 42.7 Å². The first-order valence-corrected chi connectivity index (χ1v) is 22.1. The van der Waals surface area contributed by atoms with Crippen LogP contribution >= 0.6 is 0 Å². The average Bonchev–Trinajstić information content (AvgIpc) is 3.98. The average molecular weight is 880 g/mol. The number of hydrogen-bond donors (Lipinski definition) is 3. The van der Waals surface area contributed by atoms with Crippen molar-refractivity contribution in [2.75, 3.05) is 50.0 Å². The van der Waals surface area contributed by atoms with Crippen LogP contribution in [-0.2, 0) is 40.8 Å². The summed E-state index contributed by atoms with van der Waals surface area (Å²) in [5, 5.41) is 17.7. The van der Waals surface area contributed by atoms with Crippen LogP contribution in [0.2, 0.25) is 0 Å². The molecule has 19 heteroatoms. The zero-order valence-electron chi connectivity index (χ0n) is 35.9. The topological polar surface area (TPSA) is 187 Å². The molecule has 1 unspecified atom stereocenters. The van der Waals surface area contributed by atoms with E-state index in [9.17, 15) is 37.5 Å². The minimum Gasteiger partial charge on any atom is -0.385 e. The molecule has 2 fully saturated rings. The molecule has 0 bridgehead atoms. The van der Waals surface area contributed by atoms with Gasteiger partial charge in [0, 0.05) is 106 Å². The van der Waals surface area contributed by atoms with Gasteiger partial charge in [-0.2, -0.15) is 10.2 Å². The van der Waals surface area contributed by atoms with E-state index in [4.69, 9.17) is 5.10 Å². The Labute approximate surface area is 368 Å². The van der Waals surface area contributed by atoms with E-state index in [1.807, 2.05) is 11.0 Å². The van der Waals surface area contributed by atoms with E-state index in [-0.39, 0.29) is 47.5 Å². The van der Waals surface area contributed by atoms with Crippen molar-refractivity contribution >= 4 is 52.8 Å². The van der Waals surface area contributed by atoms with E-state index in [0.717, 1.165) is 34.6 Å². The van der Waals surface area contributed by atoms with Crippen molar-refractivity contribution in [3.05, 3.63) is 76.2 Å². The molecule has 5 aliphatic heterocycles. The number of nitrogens with one attached hydrogen (secondary N) is 3. The molecule has 2 aromatic carbocycles. The summed E-state index contributed by atoms with van der Waals surface area (Å²) in [5.74, 6) is -1.45. The van der Waals surface area contributed by atoms with Crippen molar-refractivity contribution < 1.29 is 37.5 Å². The largest absolute Gasteiger partial charge is 0.385 e. The highest BCUT2D eigenvalue weighted by Gasteiger charge is 2.45. The number of anilines is 3. The molecule has 7 amide bonds. The molecule has 17 nitrogen and oxygen atoms in total. The van der Waals surface area contributed by atoms with Gasteiger partial charge in [-0.25, -0.2) is 13.6 Å². The lowest BCUT2D eigenvalue weighted by Crippen LogP contribution is -2.54. The number of carbonyl (C=O) groups excluding carboxylic acids is 6. The molecular weight excluding hydrogens is 829 g/mol. The summed E-state index contributed by atoms with van der Waals surface area (Å²) in [6, 6.07) is 7.14.